The van der Waals surface area contributed by atoms with E-state index in [4.69, 9.17) is 5.73 Å². The topological polar surface area (TPSA) is 72.2 Å². The van der Waals surface area contributed by atoms with Gasteiger partial charge in [-0.1, -0.05) is 72.8 Å². The number of nitrogens with two attached hydrogens (primary N) is 1. The molecule has 0 spiro atoms. The summed E-state index contributed by atoms with van der Waals surface area (Å²) in [7, 11) is 0. The average Bonchev–Trinajstić information content (AvgIpc) is 2.62. The van der Waals surface area contributed by atoms with Gasteiger partial charge in [0.05, 0.1) is 5.69 Å². The zero-order chi connectivity index (χ0) is 16.9. The first-order valence-electron chi connectivity index (χ1n) is 7.51. The standard InChI is InChI=1S/C20H16N2O2/c21-20(24)22-18-13-7-6-11-16(18)15-10-4-5-12-17(15)19(23)14-8-2-1-3-9-14/h1-13H,(H3,21,22,24). The summed E-state index contributed by atoms with van der Waals surface area (Å²) in [5, 5.41) is 2.61. The van der Waals surface area contributed by atoms with Gasteiger partial charge in [-0.05, 0) is 11.6 Å². The first-order chi connectivity index (χ1) is 11.7. The molecule has 0 aliphatic carbocycles. The Morgan fingerprint density at radius 1 is 0.708 bits per heavy atom. The maximum atomic E-state index is 12.9. The van der Waals surface area contributed by atoms with Crippen LogP contribution in [0.15, 0.2) is 78.9 Å². The Morgan fingerprint density at radius 2 is 1.29 bits per heavy atom. The van der Waals surface area contributed by atoms with Crippen molar-refractivity contribution in [3.8, 4) is 11.1 Å². The van der Waals surface area contributed by atoms with E-state index in [2.05, 4.69) is 5.32 Å². The second-order valence-electron chi connectivity index (χ2n) is 5.28. The van der Waals surface area contributed by atoms with Gasteiger partial charge in [-0.15, -0.1) is 0 Å². The predicted octanol–water partition coefficient (Wildman–Crippen LogP) is 4.08. The highest BCUT2D eigenvalue weighted by molar-refractivity contribution is 6.13. The van der Waals surface area contributed by atoms with Crippen LogP contribution in [-0.2, 0) is 0 Å². The molecule has 0 aliphatic heterocycles. The quantitative estimate of drug-likeness (QED) is 0.712. The fraction of sp³-hybridized carbons (Fsp3) is 0. The van der Waals surface area contributed by atoms with E-state index < -0.39 is 6.03 Å². The normalized spacial score (nSPS) is 10.2. The van der Waals surface area contributed by atoms with E-state index in [1.54, 1.807) is 30.3 Å². The number of benzene rings is 3. The van der Waals surface area contributed by atoms with Crippen LogP contribution < -0.4 is 11.1 Å². The van der Waals surface area contributed by atoms with Gasteiger partial charge in [0.15, 0.2) is 5.78 Å². The highest BCUT2D eigenvalue weighted by Gasteiger charge is 2.16. The van der Waals surface area contributed by atoms with Crippen molar-refractivity contribution >= 4 is 17.5 Å². The Hall–Kier alpha value is -3.40. The molecule has 0 saturated carbocycles. The number of hydrogen-bond acceptors (Lipinski definition) is 2. The molecule has 118 valence electrons. The van der Waals surface area contributed by atoms with Crippen molar-refractivity contribution in [2.24, 2.45) is 5.73 Å². The highest BCUT2D eigenvalue weighted by Crippen LogP contribution is 2.31. The van der Waals surface area contributed by atoms with E-state index in [1.165, 1.54) is 0 Å². The van der Waals surface area contributed by atoms with Gasteiger partial charge in [0.1, 0.15) is 0 Å². The van der Waals surface area contributed by atoms with Gasteiger partial charge >= 0.3 is 6.03 Å². The number of rotatable bonds is 4. The molecule has 3 N–H and O–H groups in total. The van der Waals surface area contributed by atoms with Crippen molar-refractivity contribution < 1.29 is 9.59 Å². The molecule has 0 aliphatic rings. The van der Waals surface area contributed by atoms with Crippen molar-refractivity contribution in [2.45, 2.75) is 0 Å². The number of para-hydroxylation sites is 1. The molecule has 0 unspecified atom stereocenters. The summed E-state index contributed by atoms with van der Waals surface area (Å²) >= 11 is 0. The molecule has 0 atom stereocenters. The highest BCUT2D eigenvalue weighted by atomic mass is 16.2. The maximum absolute atomic E-state index is 12.9. The number of urea groups is 1. The van der Waals surface area contributed by atoms with Gasteiger partial charge in [-0.3, -0.25) is 4.79 Å². The van der Waals surface area contributed by atoms with Gasteiger partial charge < -0.3 is 11.1 Å². The molecule has 0 fully saturated rings. The van der Waals surface area contributed by atoms with Crippen LogP contribution in [0.1, 0.15) is 15.9 Å². The number of primary amides is 1. The minimum absolute atomic E-state index is 0.0694. The predicted molar refractivity (Wildman–Crippen MR) is 95.0 cm³/mol. The number of nitrogens with one attached hydrogen (secondary N) is 1. The van der Waals surface area contributed by atoms with Crippen molar-refractivity contribution in [1.82, 2.24) is 0 Å². The molecule has 4 nitrogen and oxygen atoms in total. The van der Waals surface area contributed by atoms with E-state index in [9.17, 15) is 9.59 Å². The van der Waals surface area contributed by atoms with Gasteiger partial charge in [0.25, 0.3) is 0 Å². The number of carbonyl (C=O) groups excluding carboxylic acids is 2. The van der Waals surface area contributed by atoms with E-state index in [1.807, 2.05) is 48.5 Å². The number of hydrogen-bond donors (Lipinski definition) is 2. The minimum atomic E-state index is -0.644. The van der Waals surface area contributed by atoms with E-state index in [-0.39, 0.29) is 5.78 Å². The zero-order valence-corrected chi connectivity index (χ0v) is 12.9. The third-order valence-electron chi connectivity index (χ3n) is 3.68. The molecule has 0 saturated heterocycles. The Kier molecular flexibility index (Phi) is 4.38. The van der Waals surface area contributed by atoms with Crippen LogP contribution in [0.3, 0.4) is 0 Å². The summed E-state index contributed by atoms with van der Waals surface area (Å²) in [5.74, 6) is -0.0694. The third kappa shape index (κ3) is 3.17. The van der Waals surface area contributed by atoms with Crippen LogP contribution in [0, 0.1) is 0 Å². The lowest BCUT2D eigenvalue weighted by Gasteiger charge is -2.13. The van der Waals surface area contributed by atoms with Crippen LogP contribution in [0.4, 0.5) is 10.5 Å². The van der Waals surface area contributed by atoms with E-state index >= 15 is 0 Å². The summed E-state index contributed by atoms with van der Waals surface area (Å²) in [5.41, 5.74) is 8.49. The molecule has 4 heteroatoms. The summed E-state index contributed by atoms with van der Waals surface area (Å²) in [6, 6.07) is 23.0. The summed E-state index contributed by atoms with van der Waals surface area (Å²) in [4.78, 5) is 24.1. The van der Waals surface area contributed by atoms with Gasteiger partial charge in [-0.2, -0.15) is 0 Å². The van der Waals surface area contributed by atoms with Crippen LogP contribution in [0.2, 0.25) is 0 Å². The first-order valence-corrected chi connectivity index (χ1v) is 7.51. The van der Waals surface area contributed by atoms with Crippen LogP contribution in [0.25, 0.3) is 11.1 Å². The number of ketones is 1. The van der Waals surface area contributed by atoms with Crippen LogP contribution in [0.5, 0.6) is 0 Å². The van der Waals surface area contributed by atoms with Crippen molar-refractivity contribution in [3.05, 3.63) is 90.0 Å². The monoisotopic (exact) mass is 316 g/mol. The largest absolute Gasteiger partial charge is 0.351 e. The Bertz CT molecular complexity index is 889. The zero-order valence-electron chi connectivity index (χ0n) is 12.9. The first kappa shape index (κ1) is 15.5. The lowest BCUT2D eigenvalue weighted by atomic mass is 9.93. The second kappa shape index (κ2) is 6.79. The average molecular weight is 316 g/mol. The van der Waals surface area contributed by atoms with Crippen molar-refractivity contribution in [3.63, 3.8) is 0 Å². The molecule has 0 heterocycles. The Morgan fingerprint density at radius 3 is 2.00 bits per heavy atom. The molecule has 0 radical (unpaired) electrons. The Labute approximate surface area is 139 Å². The van der Waals surface area contributed by atoms with Crippen LogP contribution >= 0.6 is 0 Å². The van der Waals surface area contributed by atoms with Crippen molar-refractivity contribution in [2.75, 3.05) is 5.32 Å². The molecule has 2 amide bonds. The molecule has 0 bridgehead atoms. The maximum Gasteiger partial charge on any atom is 0.316 e. The fourth-order valence-corrected chi connectivity index (χ4v) is 2.62. The molecular weight excluding hydrogens is 300 g/mol. The second-order valence-corrected chi connectivity index (χ2v) is 5.28. The lowest BCUT2D eigenvalue weighted by Crippen LogP contribution is -2.19. The molecule has 3 rings (SSSR count). The molecule has 24 heavy (non-hydrogen) atoms. The number of amides is 2. The SMILES string of the molecule is NC(=O)Nc1ccccc1-c1ccccc1C(=O)c1ccccc1. The smallest absolute Gasteiger partial charge is 0.316 e. The van der Waals surface area contributed by atoms with Crippen LogP contribution in [-0.4, -0.2) is 11.8 Å². The number of carbonyl (C=O) groups is 2. The third-order valence-corrected chi connectivity index (χ3v) is 3.68. The summed E-state index contributed by atoms with van der Waals surface area (Å²) in [6.07, 6.45) is 0. The lowest BCUT2D eigenvalue weighted by molar-refractivity contribution is 0.103. The van der Waals surface area contributed by atoms with Gasteiger partial charge in [0, 0.05) is 16.7 Å². The molecule has 0 aromatic heterocycles. The van der Waals surface area contributed by atoms with E-state index in [0.717, 1.165) is 11.1 Å². The summed E-state index contributed by atoms with van der Waals surface area (Å²) in [6.45, 7) is 0. The van der Waals surface area contributed by atoms with Gasteiger partial charge in [-0.25, -0.2) is 4.79 Å². The fourth-order valence-electron chi connectivity index (χ4n) is 2.62. The van der Waals surface area contributed by atoms with E-state index in [0.29, 0.717) is 16.8 Å². The van der Waals surface area contributed by atoms with Crippen molar-refractivity contribution in [1.29, 1.82) is 0 Å². The van der Waals surface area contributed by atoms with Gasteiger partial charge in [0.2, 0.25) is 0 Å². The Balaban J connectivity index is 2.11. The number of anilines is 1. The summed E-state index contributed by atoms with van der Waals surface area (Å²) < 4.78 is 0. The molecule has 3 aromatic rings. The molecule has 3 aromatic carbocycles. The molecular formula is C20H16N2O2. The minimum Gasteiger partial charge on any atom is -0.351 e.